The highest BCUT2D eigenvalue weighted by Crippen LogP contribution is 2.21. The van der Waals surface area contributed by atoms with Gasteiger partial charge in [0.2, 0.25) is 0 Å². The summed E-state index contributed by atoms with van der Waals surface area (Å²) >= 11 is 3.48. The standard InChI is InChI=1S/C21H20BrN5O2/c1-12-9-15(6-7-17(12)22)27-20(28)16(13(2)24-27)11-23-14-5-8-18-19(10-14)26(4)21(29)25(18)3/h5-11,24H,1-4H3. The Morgan fingerprint density at radius 1 is 1.00 bits per heavy atom. The molecule has 0 aliphatic rings. The summed E-state index contributed by atoms with van der Waals surface area (Å²) in [5.41, 5.74) is 5.07. The average Bonchev–Trinajstić information content (AvgIpc) is 3.10. The van der Waals surface area contributed by atoms with Crippen LogP contribution in [0.25, 0.3) is 16.7 Å². The van der Waals surface area contributed by atoms with Gasteiger partial charge in [-0.2, -0.15) is 0 Å². The van der Waals surface area contributed by atoms with Gasteiger partial charge in [0.15, 0.2) is 0 Å². The lowest BCUT2D eigenvalue weighted by Gasteiger charge is -2.04. The molecule has 4 aromatic rings. The van der Waals surface area contributed by atoms with Crippen molar-refractivity contribution in [3.8, 4) is 5.69 Å². The van der Waals surface area contributed by atoms with Gasteiger partial charge in [0, 0.05) is 30.5 Å². The smallest absolute Gasteiger partial charge is 0.295 e. The van der Waals surface area contributed by atoms with Gasteiger partial charge in [-0.15, -0.1) is 0 Å². The summed E-state index contributed by atoms with van der Waals surface area (Å²) < 4.78 is 5.68. The molecule has 8 heteroatoms. The highest BCUT2D eigenvalue weighted by atomic mass is 79.9. The molecule has 0 bridgehead atoms. The number of rotatable bonds is 3. The maximum Gasteiger partial charge on any atom is 0.328 e. The van der Waals surface area contributed by atoms with E-state index in [1.54, 1.807) is 29.4 Å². The number of imidazole rings is 1. The van der Waals surface area contributed by atoms with Gasteiger partial charge < -0.3 is 0 Å². The molecule has 0 radical (unpaired) electrons. The molecule has 0 amide bonds. The molecule has 0 saturated carbocycles. The lowest BCUT2D eigenvalue weighted by Crippen LogP contribution is -2.19. The van der Waals surface area contributed by atoms with Gasteiger partial charge in [0.25, 0.3) is 5.56 Å². The second-order valence-corrected chi connectivity index (χ2v) is 7.91. The van der Waals surface area contributed by atoms with E-state index in [-0.39, 0.29) is 11.2 Å². The summed E-state index contributed by atoms with van der Waals surface area (Å²) in [5, 5.41) is 3.11. The molecule has 0 spiro atoms. The average molecular weight is 454 g/mol. The fourth-order valence-electron chi connectivity index (χ4n) is 3.38. The summed E-state index contributed by atoms with van der Waals surface area (Å²) in [4.78, 5) is 29.5. The molecular formula is C21H20BrN5O2. The van der Waals surface area contributed by atoms with Crippen LogP contribution >= 0.6 is 15.9 Å². The van der Waals surface area contributed by atoms with Gasteiger partial charge in [-0.1, -0.05) is 15.9 Å². The van der Waals surface area contributed by atoms with Crippen molar-refractivity contribution >= 4 is 38.9 Å². The van der Waals surface area contributed by atoms with E-state index in [9.17, 15) is 9.59 Å². The molecule has 4 rings (SSSR count). The summed E-state index contributed by atoms with van der Waals surface area (Å²) in [6.07, 6.45) is 1.57. The van der Waals surface area contributed by atoms with Crippen molar-refractivity contribution in [2.45, 2.75) is 13.8 Å². The highest BCUT2D eigenvalue weighted by molar-refractivity contribution is 9.10. The van der Waals surface area contributed by atoms with Crippen molar-refractivity contribution in [2.75, 3.05) is 0 Å². The van der Waals surface area contributed by atoms with Crippen molar-refractivity contribution in [3.63, 3.8) is 0 Å². The first kappa shape index (κ1) is 19.2. The van der Waals surface area contributed by atoms with Crippen molar-refractivity contribution in [1.82, 2.24) is 18.9 Å². The van der Waals surface area contributed by atoms with E-state index >= 15 is 0 Å². The Balaban J connectivity index is 1.74. The number of benzene rings is 2. The number of aliphatic imine (C=N–C) groups is 1. The zero-order valence-electron chi connectivity index (χ0n) is 16.5. The molecule has 0 saturated heterocycles. The first-order valence-electron chi connectivity index (χ1n) is 9.05. The van der Waals surface area contributed by atoms with Gasteiger partial charge in [0.1, 0.15) is 0 Å². The quantitative estimate of drug-likeness (QED) is 0.482. The van der Waals surface area contributed by atoms with Crippen LogP contribution in [0.1, 0.15) is 16.8 Å². The molecule has 2 aromatic heterocycles. The van der Waals surface area contributed by atoms with Crippen LogP contribution in [0.5, 0.6) is 0 Å². The van der Waals surface area contributed by atoms with Crippen LogP contribution in [0.3, 0.4) is 0 Å². The number of aromatic nitrogens is 4. The second kappa shape index (κ2) is 7.04. The van der Waals surface area contributed by atoms with Crippen LogP contribution in [0.4, 0.5) is 5.69 Å². The monoisotopic (exact) mass is 453 g/mol. The van der Waals surface area contributed by atoms with Crippen LogP contribution in [0, 0.1) is 13.8 Å². The predicted molar refractivity (Wildman–Crippen MR) is 119 cm³/mol. The number of halogens is 1. The second-order valence-electron chi connectivity index (χ2n) is 7.06. The molecule has 0 unspecified atom stereocenters. The number of hydrogen-bond acceptors (Lipinski definition) is 3. The van der Waals surface area contributed by atoms with Gasteiger partial charge in [-0.3, -0.25) is 24.0 Å². The molecule has 0 aliphatic carbocycles. The molecule has 2 aromatic carbocycles. The van der Waals surface area contributed by atoms with E-state index in [2.05, 4.69) is 26.0 Å². The Kier molecular flexibility index (Phi) is 4.66. The lowest BCUT2D eigenvalue weighted by atomic mass is 10.2. The zero-order chi connectivity index (χ0) is 20.9. The van der Waals surface area contributed by atoms with Crippen LogP contribution in [0.2, 0.25) is 0 Å². The Hall–Kier alpha value is -3.13. The predicted octanol–water partition coefficient (Wildman–Crippen LogP) is 3.49. The third kappa shape index (κ3) is 3.19. The molecule has 2 heterocycles. The Morgan fingerprint density at radius 3 is 2.45 bits per heavy atom. The Bertz CT molecular complexity index is 1400. The largest absolute Gasteiger partial charge is 0.328 e. The molecule has 29 heavy (non-hydrogen) atoms. The number of hydrogen-bond donors (Lipinski definition) is 1. The normalized spacial score (nSPS) is 11.8. The van der Waals surface area contributed by atoms with E-state index in [0.717, 1.165) is 32.5 Å². The van der Waals surface area contributed by atoms with E-state index in [4.69, 9.17) is 0 Å². The summed E-state index contributed by atoms with van der Waals surface area (Å²) in [5.74, 6) is 0. The van der Waals surface area contributed by atoms with Gasteiger partial charge in [0.05, 0.1) is 28.0 Å². The number of aromatic amines is 1. The van der Waals surface area contributed by atoms with E-state index in [1.165, 1.54) is 4.68 Å². The molecule has 1 N–H and O–H groups in total. The molecule has 7 nitrogen and oxygen atoms in total. The lowest BCUT2D eigenvalue weighted by molar-refractivity contribution is 0.795. The van der Waals surface area contributed by atoms with Crippen molar-refractivity contribution < 1.29 is 0 Å². The van der Waals surface area contributed by atoms with E-state index < -0.39 is 0 Å². The maximum absolute atomic E-state index is 12.9. The van der Waals surface area contributed by atoms with Crippen LogP contribution in [-0.4, -0.2) is 25.1 Å². The fourth-order valence-corrected chi connectivity index (χ4v) is 3.62. The van der Waals surface area contributed by atoms with E-state index in [0.29, 0.717) is 11.3 Å². The van der Waals surface area contributed by atoms with E-state index in [1.807, 2.05) is 50.2 Å². The fraction of sp³-hybridized carbons (Fsp3) is 0.190. The topological polar surface area (TPSA) is 77.1 Å². The van der Waals surface area contributed by atoms with Crippen molar-refractivity contribution in [2.24, 2.45) is 19.1 Å². The SMILES string of the molecule is Cc1cc(-n2[nH]c(C)c(C=Nc3ccc4c(c3)n(C)c(=O)n4C)c2=O)ccc1Br. The van der Waals surface area contributed by atoms with Gasteiger partial charge >= 0.3 is 5.69 Å². The third-order valence-corrected chi connectivity index (χ3v) is 6.00. The van der Waals surface area contributed by atoms with Crippen molar-refractivity contribution in [3.05, 3.63) is 78.5 Å². The maximum atomic E-state index is 12.9. The highest BCUT2D eigenvalue weighted by Gasteiger charge is 2.12. The van der Waals surface area contributed by atoms with Crippen molar-refractivity contribution in [1.29, 1.82) is 0 Å². The number of fused-ring (bicyclic) bond motifs is 1. The number of aryl methyl sites for hydroxylation is 4. The van der Waals surface area contributed by atoms with Crippen LogP contribution in [0.15, 0.2) is 55.5 Å². The molecule has 0 aliphatic heterocycles. The minimum atomic E-state index is -0.166. The van der Waals surface area contributed by atoms with Gasteiger partial charge in [-0.05, 0) is 55.8 Å². The molecule has 148 valence electrons. The Labute approximate surface area is 175 Å². The first-order chi connectivity index (χ1) is 13.8. The summed E-state index contributed by atoms with van der Waals surface area (Å²) in [7, 11) is 3.47. The summed E-state index contributed by atoms with van der Waals surface area (Å²) in [6.45, 7) is 3.82. The first-order valence-corrected chi connectivity index (χ1v) is 9.85. The Morgan fingerprint density at radius 2 is 1.72 bits per heavy atom. The van der Waals surface area contributed by atoms with Crippen LogP contribution in [-0.2, 0) is 14.1 Å². The molecule has 0 fully saturated rings. The minimum absolute atomic E-state index is 0.0877. The molecular weight excluding hydrogens is 434 g/mol. The number of nitrogens with one attached hydrogen (secondary N) is 1. The number of nitrogens with zero attached hydrogens (tertiary/aromatic N) is 4. The third-order valence-electron chi connectivity index (χ3n) is 5.12. The van der Waals surface area contributed by atoms with Gasteiger partial charge in [-0.25, -0.2) is 9.48 Å². The molecule has 0 atom stereocenters. The summed E-state index contributed by atoms with van der Waals surface area (Å²) in [6, 6.07) is 11.3. The van der Waals surface area contributed by atoms with Crippen LogP contribution < -0.4 is 11.2 Å². The minimum Gasteiger partial charge on any atom is -0.295 e. The number of H-pyrrole nitrogens is 1. The zero-order valence-corrected chi connectivity index (χ0v) is 18.1.